The molecule has 118 valence electrons. The lowest BCUT2D eigenvalue weighted by atomic mass is 10.1. The normalized spacial score (nSPS) is 20.7. The third kappa shape index (κ3) is 3.86. The Bertz CT molecular complexity index is 603. The molecule has 9 heteroatoms. The highest BCUT2D eigenvalue weighted by Crippen LogP contribution is 2.28. The zero-order valence-electron chi connectivity index (χ0n) is 10.9. The Hall–Kier alpha value is -1.32. The summed E-state index contributed by atoms with van der Waals surface area (Å²) < 4.78 is 66.0. The van der Waals surface area contributed by atoms with E-state index in [0.717, 1.165) is 16.4 Å². The van der Waals surface area contributed by atoms with Crippen LogP contribution in [-0.2, 0) is 10.0 Å². The maximum absolute atomic E-state index is 12.3. The zero-order chi connectivity index (χ0) is 15.7. The largest absolute Gasteiger partial charge is 0.573 e. The van der Waals surface area contributed by atoms with Crippen LogP contribution in [0.4, 0.5) is 13.2 Å². The molecule has 0 radical (unpaired) electrons. The van der Waals surface area contributed by atoms with Gasteiger partial charge in [0.15, 0.2) is 0 Å². The van der Waals surface area contributed by atoms with E-state index in [-0.39, 0.29) is 30.5 Å². The summed E-state index contributed by atoms with van der Waals surface area (Å²) in [6, 6.07) is 4.28. The molecule has 1 aromatic carbocycles. The number of benzene rings is 1. The lowest BCUT2D eigenvalue weighted by molar-refractivity contribution is -0.274. The van der Waals surface area contributed by atoms with Gasteiger partial charge >= 0.3 is 6.36 Å². The summed E-state index contributed by atoms with van der Waals surface area (Å²) >= 11 is 0. The van der Waals surface area contributed by atoms with Gasteiger partial charge in [0, 0.05) is 25.8 Å². The second kappa shape index (κ2) is 5.82. The van der Waals surface area contributed by atoms with Crippen LogP contribution in [-0.4, -0.2) is 43.9 Å². The minimum absolute atomic E-state index is 0.122. The van der Waals surface area contributed by atoms with Gasteiger partial charge in [0.25, 0.3) is 0 Å². The lowest BCUT2D eigenvalue weighted by Crippen LogP contribution is -2.29. The maximum Gasteiger partial charge on any atom is 0.573 e. The van der Waals surface area contributed by atoms with Gasteiger partial charge in [-0.05, 0) is 24.5 Å². The highest BCUT2D eigenvalue weighted by atomic mass is 32.2. The molecular formula is C12H14F3NO4S. The predicted octanol–water partition coefficient (Wildman–Crippen LogP) is 1.59. The molecule has 21 heavy (non-hydrogen) atoms. The minimum Gasteiger partial charge on any atom is -0.406 e. The van der Waals surface area contributed by atoms with E-state index in [1.807, 2.05) is 0 Å². The van der Waals surface area contributed by atoms with Gasteiger partial charge in [-0.2, -0.15) is 4.31 Å². The Labute approximate surface area is 120 Å². The van der Waals surface area contributed by atoms with E-state index >= 15 is 0 Å². The topological polar surface area (TPSA) is 66.8 Å². The molecule has 0 bridgehead atoms. The van der Waals surface area contributed by atoms with Gasteiger partial charge in [0.05, 0.1) is 4.90 Å². The van der Waals surface area contributed by atoms with Gasteiger partial charge < -0.3 is 9.84 Å². The van der Waals surface area contributed by atoms with Gasteiger partial charge in [0.1, 0.15) is 5.75 Å². The monoisotopic (exact) mass is 325 g/mol. The average molecular weight is 325 g/mol. The van der Waals surface area contributed by atoms with Crippen LogP contribution in [0.15, 0.2) is 29.2 Å². The Balaban J connectivity index is 2.23. The minimum atomic E-state index is -4.88. The Kier molecular flexibility index (Phi) is 4.45. The van der Waals surface area contributed by atoms with Crippen LogP contribution < -0.4 is 4.74 Å². The highest BCUT2D eigenvalue weighted by molar-refractivity contribution is 7.89. The van der Waals surface area contributed by atoms with E-state index in [1.54, 1.807) is 0 Å². The molecule has 1 heterocycles. The first-order chi connectivity index (χ1) is 9.72. The molecule has 1 N–H and O–H groups in total. The molecule has 1 atom stereocenters. The first-order valence-electron chi connectivity index (χ1n) is 6.19. The molecule has 5 nitrogen and oxygen atoms in total. The number of aliphatic hydroxyl groups is 1. The third-order valence-electron chi connectivity index (χ3n) is 3.18. The van der Waals surface area contributed by atoms with Crippen LogP contribution in [0.2, 0.25) is 0 Å². The highest BCUT2D eigenvalue weighted by Gasteiger charge is 2.34. The molecule has 1 aliphatic rings. The van der Waals surface area contributed by atoms with Gasteiger partial charge in [-0.25, -0.2) is 8.42 Å². The average Bonchev–Trinajstić information content (AvgIpc) is 2.86. The second-order valence-corrected chi connectivity index (χ2v) is 6.66. The molecule has 0 spiro atoms. The second-order valence-electron chi connectivity index (χ2n) is 4.72. The van der Waals surface area contributed by atoms with Gasteiger partial charge in [-0.15, -0.1) is 13.2 Å². The Morgan fingerprint density at radius 1 is 1.38 bits per heavy atom. The summed E-state index contributed by atoms with van der Waals surface area (Å²) in [7, 11) is -3.88. The summed E-state index contributed by atoms with van der Waals surface area (Å²) in [5, 5.41) is 9.03. The fraction of sp³-hybridized carbons (Fsp3) is 0.500. The third-order valence-corrected chi connectivity index (χ3v) is 5.04. The fourth-order valence-corrected chi connectivity index (χ4v) is 3.71. The lowest BCUT2D eigenvalue weighted by Gasteiger charge is -2.17. The van der Waals surface area contributed by atoms with E-state index in [2.05, 4.69) is 4.74 Å². The van der Waals surface area contributed by atoms with Crippen molar-refractivity contribution in [3.05, 3.63) is 24.3 Å². The Morgan fingerprint density at radius 3 is 2.67 bits per heavy atom. The summed E-state index contributed by atoms with van der Waals surface area (Å²) in [5.74, 6) is -0.726. The Morgan fingerprint density at radius 2 is 2.10 bits per heavy atom. The van der Waals surface area contributed by atoms with Crippen LogP contribution in [0.5, 0.6) is 5.75 Å². The number of sulfonamides is 1. The van der Waals surface area contributed by atoms with E-state index in [9.17, 15) is 21.6 Å². The molecule has 1 saturated heterocycles. The standard InChI is InChI=1S/C12H14F3NO4S/c13-12(14,15)20-10-2-1-3-11(6-10)21(18,19)16-5-4-9(7-16)8-17/h1-3,6,9,17H,4-5,7-8H2. The van der Waals surface area contributed by atoms with Crippen molar-refractivity contribution in [3.63, 3.8) is 0 Å². The van der Waals surface area contributed by atoms with Crippen molar-refractivity contribution in [3.8, 4) is 5.75 Å². The van der Waals surface area contributed by atoms with Crippen molar-refractivity contribution in [1.82, 2.24) is 4.31 Å². The number of aliphatic hydroxyl groups excluding tert-OH is 1. The SMILES string of the molecule is O=S(=O)(c1cccc(OC(F)(F)F)c1)N1CCC(CO)C1. The number of nitrogens with zero attached hydrogens (tertiary/aromatic N) is 1. The van der Waals surface area contributed by atoms with Crippen molar-refractivity contribution < 1.29 is 31.4 Å². The first-order valence-corrected chi connectivity index (χ1v) is 7.63. The number of rotatable bonds is 4. The summed E-state index contributed by atoms with van der Waals surface area (Å²) in [6.07, 6.45) is -4.35. The molecule has 0 amide bonds. The molecule has 0 aliphatic carbocycles. The number of alkyl halides is 3. The molecule has 1 unspecified atom stereocenters. The summed E-state index contributed by atoms with van der Waals surface area (Å²) in [4.78, 5) is -0.261. The quantitative estimate of drug-likeness (QED) is 0.913. The smallest absolute Gasteiger partial charge is 0.406 e. The van der Waals surface area contributed by atoms with E-state index in [1.165, 1.54) is 12.1 Å². The van der Waals surface area contributed by atoms with E-state index in [0.29, 0.717) is 6.42 Å². The molecular weight excluding hydrogens is 311 g/mol. The van der Waals surface area contributed by atoms with Crippen LogP contribution in [0.25, 0.3) is 0 Å². The van der Waals surface area contributed by atoms with Crippen LogP contribution in [0, 0.1) is 5.92 Å². The zero-order valence-corrected chi connectivity index (χ0v) is 11.7. The molecule has 0 aromatic heterocycles. The molecule has 1 aliphatic heterocycles. The van der Waals surface area contributed by atoms with Crippen molar-refractivity contribution in [1.29, 1.82) is 0 Å². The molecule has 2 rings (SSSR count). The van der Waals surface area contributed by atoms with Gasteiger partial charge in [-0.3, -0.25) is 0 Å². The van der Waals surface area contributed by atoms with E-state index in [4.69, 9.17) is 5.11 Å². The van der Waals surface area contributed by atoms with Gasteiger partial charge in [0.2, 0.25) is 10.0 Å². The van der Waals surface area contributed by atoms with E-state index < -0.39 is 22.1 Å². The number of ether oxygens (including phenoxy) is 1. The van der Waals surface area contributed by atoms with Crippen LogP contribution in [0.1, 0.15) is 6.42 Å². The van der Waals surface area contributed by atoms with Crippen molar-refractivity contribution in [2.75, 3.05) is 19.7 Å². The predicted molar refractivity (Wildman–Crippen MR) is 67.1 cm³/mol. The number of hydrogen-bond donors (Lipinski definition) is 1. The maximum atomic E-state index is 12.3. The first kappa shape index (κ1) is 16.1. The van der Waals surface area contributed by atoms with Gasteiger partial charge in [-0.1, -0.05) is 6.07 Å². The van der Waals surface area contributed by atoms with Crippen LogP contribution in [0.3, 0.4) is 0 Å². The molecule has 0 saturated carbocycles. The van der Waals surface area contributed by atoms with Crippen molar-refractivity contribution in [2.24, 2.45) is 5.92 Å². The van der Waals surface area contributed by atoms with Crippen LogP contribution >= 0.6 is 0 Å². The fourth-order valence-electron chi connectivity index (χ4n) is 2.15. The molecule has 1 fully saturated rings. The number of hydrogen-bond acceptors (Lipinski definition) is 4. The number of halogens is 3. The van der Waals surface area contributed by atoms with Crippen molar-refractivity contribution >= 4 is 10.0 Å². The molecule has 1 aromatic rings. The summed E-state index contributed by atoms with van der Waals surface area (Å²) in [5.41, 5.74) is 0. The summed E-state index contributed by atoms with van der Waals surface area (Å²) in [6.45, 7) is 0.268. The van der Waals surface area contributed by atoms with Crippen molar-refractivity contribution in [2.45, 2.75) is 17.7 Å².